The molecule has 1 heterocycles. The summed E-state index contributed by atoms with van der Waals surface area (Å²) in [5.74, 6) is 0.138. The number of hydrogen-bond donors (Lipinski definition) is 1. The van der Waals surface area contributed by atoms with Gasteiger partial charge in [-0.15, -0.1) is 0 Å². The van der Waals surface area contributed by atoms with E-state index in [0.717, 1.165) is 44.7 Å². The lowest BCUT2D eigenvalue weighted by molar-refractivity contribution is 0.0760. The van der Waals surface area contributed by atoms with Crippen molar-refractivity contribution in [3.63, 3.8) is 0 Å². The number of benzene rings is 1. The Labute approximate surface area is 121 Å². The third kappa shape index (κ3) is 4.32. The second kappa shape index (κ2) is 6.37. The van der Waals surface area contributed by atoms with Crippen molar-refractivity contribution >= 4 is 5.91 Å². The zero-order valence-corrected chi connectivity index (χ0v) is 12.5. The number of nitrogens with zero attached hydrogens (tertiary/aromatic N) is 2. The SMILES string of the molecule is CC(C)(N)CN1CCCN(C(=O)c2ccccc2)CC1. The predicted octanol–water partition coefficient (Wildman–Crippen LogP) is 1.57. The van der Waals surface area contributed by atoms with E-state index in [1.165, 1.54) is 0 Å². The smallest absolute Gasteiger partial charge is 0.253 e. The number of hydrogen-bond acceptors (Lipinski definition) is 3. The molecule has 1 amide bonds. The minimum atomic E-state index is -0.182. The summed E-state index contributed by atoms with van der Waals surface area (Å²) in [5, 5.41) is 0. The van der Waals surface area contributed by atoms with Gasteiger partial charge in [0.2, 0.25) is 0 Å². The molecule has 4 heteroatoms. The Bertz CT molecular complexity index is 439. The van der Waals surface area contributed by atoms with E-state index in [4.69, 9.17) is 5.73 Å². The van der Waals surface area contributed by atoms with Crippen LogP contribution in [0.3, 0.4) is 0 Å². The minimum Gasteiger partial charge on any atom is -0.337 e. The molecular formula is C16H25N3O. The molecular weight excluding hydrogens is 250 g/mol. The summed E-state index contributed by atoms with van der Waals surface area (Å²) >= 11 is 0. The van der Waals surface area contributed by atoms with Crippen LogP contribution in [0.25, 0.3) is 0 Å². The van der Waals surface area contributed by atoms with E-state index < -0.39 is 0 Å². The van der Waals surface area contributed by atoms with Gasteiger partial charge in [0.1, 0.15) is 0 Å². The van der Waals surface area contributed by atoms with Crippen LogP contribution in [0.15, 0.2) is 30.3 Å². The van der Waals surface area contributed by atoms with Gasteiger partial charge >= 0.3 is 0 Å². The topological polar surface area (TPSA) is 49.6 Å². The van der Waals surface area contributed by atoms with Crippen LogP contribution in [0.4, 0.5) is 0 Å². The molecule has 110 valence electrons. The van der Waals surface area contributed by atoms with E-state index in [1.54, 1.807) is 0 Å². The first-order chi connectivity index (χ1) is 9.46. The third-order valence-corrected chi connectivity index (χ3v) is 3.53. The fraction of sp³-hybridized carbons (Fsp3) is 0.562. The van der Waals surface area contributed by atoms with E-state index in [1.807, 2.05) is 49.1 Å². The molecule has 0 radical (unpaired) electrons. The zero-order valence-electron chi connectivity index (χ0n) is 12.5. The number of amides is 1. The van der Waals surface area contributed by atoms with Crippen molar-refractivity contribution in [2.45, 2.75) is 25.8 Å². The lowest BCUT2D eigenvalue weighted by Crippen LogP contribution is -2.46. The molecule has 1 aliphatic heterocycles. The van der Waals surface area contributed by atoms with Crippen LogP contribution in [0.2, 0.25) is 0 Å². The molecule has 1 aliphatic rings. The van der Waals surface area contributed by atoms with Crippen molar-refractivity contribution < 1.29 is 4.79 Å². The molecule has 0 unspecified atom stereocenters. The summed E-state index contributed by atoms with van der Waals surface area (Å²) < 4.78 is 0. The maximum Gasteiger partial charge on any atom is 0.253 e. The Hall–Kier alpha value is -1.39. The minimum absolute atomic E-state index is 0.138. The van der Waals surface area contributed by atoms with Crippen molar-refractivity contribution in [1.29, 1.82) is 0 Å². The van der Waals surface area contributed by atoms with Gasteiger partial charge < -0.3 is 10.6 Å². The molecule has 1 aromatic carbocycles. The summed E-state index contributed by atoms with van der Waals surface area (Å²) in [6.45, 7) is 8.49. The highest BCUT2D eigenvalue weighted by molar-refractivity contribution is 5.94. The van der Waals surface area contributed by atoms with E-state index in [9.17, 15) is 4.79 Å². The van der Waals surface area contributed by atoms with E-state index in [-0.39, 0.29) is 11.4 Å². The Morgan fingerprint density at radius 1 is 1.15 bits per heavy atom. The molecule has 0 aliphatic carbocycles. The third-order valence-electron chi connectivity index (χ3n) is 3.53. The van der Waals surface area contributed by atoms with Crippen LogP contribution < -0.4 is 5.73 Å². The second-order valence-electron chi connectivity index (χ2n) is 6.28. The normalized spacial score (nSPS) is 17.9. The zero-order chi connectivity index (χ0) is 14.6. The highest BCUT2D eigenvalue weighted by atomic mass is 16.2. The molecule has 0 saturated carbocycles. The number of carbonyl (C=O) groups is 1. The van der Waals surface area contributed by atoms with Crippen LogP contribution >= 0.6 is 0 Å². The largest absolute Gasteiger partial charge is 0.337 e. The summed E-state index contributed by atoms with van der Waals surface area (Å²) in [4.78, 5) is 16.7. The number of rotatable bonds is 3. The maximum atomic E-state index is 12.4. The lowest BCUT2D eigenvalue weighted by Gasteiger charge is -2.28. The van der Waals surface area contributed by atoms with Crippen LogP contribution in [0.5, 0.6) is 0 Å². The van der Waals surface area contributed by atoms with Gasteiger partial charge in [0.25, 0.3) is 5.91 Å². The molecule has 1 fully saturated rings. The molecule has 0 spiro atoms. The van der Waals surface area contributed by atoms with Gasteiger partial charge in [-0.1, -0.05) is 18.2 Å². The highest BCUT2D eigenvalue weighted by Crippen LogP contribution is 2.11. The first-order valence-electron chi connectivity index (χ1n) is 7.31. The van der Waals surface area contributed by atoms with Crippen molar-refractivity contribution in [2.75, 3.05) is 32.7 Å². The van der Waals surface area contributed by atoms with Gasteiger partial charge in [0, 0.05) is 37.3 Å². The monoisotopic (exact) mass is 275 g/mol. The molecule has 20 heavy (non-hydrogen) atoms. The molecule has 2 rings (SSSR count). The Morgan fingerprint density at radius 3 is 2.50 bits per heavy atom. The van der Waals surface area contributed by atoms with Gasteiger partial charge in [-0.3, -0.25) is 9.69 Å². The lowest BCUT2D eigenvalue weighted by atomic mass is 10.1. The van der Waals surface area contributed by atoms with E-state index >= 15 is 0 Å². The number of nitrogens with two attached hydrogens (primary N) is 1. The summed E-state index contributed by atoms with van der Waals surface area (Å²) in [6.07, 6.45) is 1.01. The van der Waals surface area contributed by atoms with Gasteiger partial charge in [0.05, 0.1) is 0 Å². The standard InChI is InChI=1S/C16H25N3O/c1-16(2,17)13-18-9-6-10-19(12-11-18)15(20)14-7-4-3-5-8-14/h3-5,7-8H,6,9-13,17H2,1-2H3. The molecule has 2 N–H and O–H groups in total. The van der Waals surface area contributed by atoms with Gasteiger partial charge in [-0.25, -0.2) is 0 Å². The fourth-order valence-corrected chi connectivity index (χ4v) is 2.67. The average Bonchev–Trinajstić information content (AvgIpc) is 2.63. The quantitative estimate of drug-likeness (QED) is 0.911. The van der Waals surface area contributed by atoms with Crippen molar-refractivity contribution in [1.82, 2.24) is 9.80 Å². The van der Waals surface area contributed by atoms with Crippen molar-refractivity contribution in [2.24, 2.45) is 5.73 Å². The summed E-state index contributed by atoms with van der Waals surface area (Å²) in [5.41, 5.74) is 6.68. The number of carbonyl (C=O) groups excluding carboxylic acids is 1. The van der Waals surface area contributed by atoms with Gasteiger partial charge in [-0.05, 0) is 38.9 Å². The molecule has 4 nitrogen and oxygen atoms in total. The maximum absolute atomic E-state index is 12.4. The highest BCUT2D eigenvalue weighted by Gasteiger charge is 2.22. The Balaban J connectivity index is 1.94. The fourth-order valence-electron chi connectivity index (χ4n) is 2.67. The molecule has 1 saturated heterocycles. The predicted molar refractivity (Wildman–Crippen MR) is 81.7 cm³/mol. The Morgan fingerprint density at radius 2 is 1.85 bits per heavy atom. The van der Waals surface area contributed by atoms with Crippen LogP contribution in [-0.2, 0) is 0 Å². The molecule has 0 atom stereocenters. The van der Waals surface area contributed by atoms with Crippen molar-refractivity contribution in [3.05, 3.63) is 35.9 Å². The summed E-state index contributed by atoms with van der Waals surface area (Å²) in [7, 11) is 0. The van der Waals surface area contributed by atoms with Crippen LogP contribution in [0, 0.1) is 0 Å². The second-order valence-corrected chi connectivity index (χ2v) is 6.28. The van der Waals surface area contributed by atoms with E-state index in [2.05, 4.69) is 4.90 Å². The van der Waals surface area contributed by atoms with Gasteiger partial charge in [0.15, 0.2) is 0 Å². The van der Waals surface area contributed by atoms with Gasteiger partial charge in [-0.2, -0.15) is 0 Å². The molecule has 0 aromatic heterocycles. The van der Waals surface area contributed by atoms with E-state index in [0.29, 0.717) is 0 Å². The first-order valence-corrected chi connectivity index (χ1v) is 7.31. The molecule has 0 bridgehead atoms. The Kier molecular flexibility index (Phi) is 4.78. The first kappa shape index (κ1) is 15.0. The summed E-state index contributed by atoms with van der Waals surface area (Å²) in [6, 6.07) is 9.52. The molecule has 1 aromatic rings. The van der Waals surface area contributed by atoms with Crippen LogP contribution in [0.1, 0.15) is 30.6 Å². The van der Waals surface area contributed by atoms with Crippen molar-refractivity contribution in [3.8, 4) is 0 Å². The average molecular weight is 275 g/mol. The van der Waals surface area contributed by atoms with Crippen LogP contribution in [-0.4, -0.2) is 54.0 Å².